The van der Waals surface area contributed by atoms with Gasteiger partial charge in [0.25, 0.3) is 0 Å². The third-order valence-electron chi connectivity index (χ3n) is 7.24. The molecule has 2 aliphatic carbocycles. The Labute approximate surface area is 141 Å². The second kappa shape index (κ2) is 6.38. The van der Waals surface area contributed by atoms with Crippen molar-refractivity contribution in [2.45, 2.75) is 84.8 Å². The molecule has 1 heterocycles. The van der Waals surface area contributed by atoms with E-state index in [1.807, 2.05) is 0 Å². The molecule has 3 heteroatoms. The molecule has 1 aliphatic heterocycles. The van der Waals surface area contributed by atoms with Crippen molar-refractivity contribution in [1.29, 1.82) is 0 Å². The van der Waals surface area contributed by atoms with Gasteiger partial charge in [-0.05, 0) is 42.4 Å². The molecule has 0 bridgehead atoms. The SMILES string of the molecule is CC(C)CCC[C@@H](C)[C@H]1C[C@H]2OC(=O)C[C@H]3[C@@H]2[C@]1(C)CC[C@H]3O. The normalized spacial score (nSPS) is 44.1. The van der Waals surface area contributed by atoms with Crippen LogP contribution in [0.2, 0.25) is 0 Å². The summed E-state index contributed by atoms with van der Waals surface area (Å²) in [5, 5.41) is 10.4. The highest BCUT2D eigenvalue weighted by molar-refractivity contribution is 5.71. The van der Waals surface area contributed by atoms with Gasteiger partial charge in [0.15, 0.2) is 0 Å². The Morgan fingerprint density at radius 2 is 2.04 bits per heavy atom. The van der Waals surface area contributed by atoms with E-state index in [0.717, 1.165) is 25.2 Å². The van der Waals surface area contributed by atoms with E-state index in [0.29, 0.717) is 24.2 Å². The zero-order valence-electron chi connectivity index (χ0n) is 15.3. The van der Waals surface area contributed by atoms with Gasteiger partial charge in [0.2, 0.25) is 0 Å². The molecule has 0 aromatic carbocycles. The summed E-state index contributed by atoms with van der Waals surface area (Å²) in [4.78, 5) is 11.9. The molecule has 23 heavy (non-hydrogen) atoms. The van der Waals surface area contributed by atoms with Crippen molar-refractivity contribution in [3.05, 3.63) is 0 Å². The second-order valence-electron chi connectivity index (χ2n) is 9.18. The lowest BCUT2D eigenvalue weighted by Crippen LogP contribution is -2.51. The van der Waals surface area contributed by atoms with Gasteiger partial charge in [-0.15, -0.1) is 0 Å². The fraction of sp³-hybridized carbons (Fsp3) is 0.950. The van der Waals surface area contributed by atoms with Crippen LogP contribution in [0.5, 0.6) is 0 Å². The summed E-state index contributed by atoms with van der Waals surface area (Å²) in [5.74, 6) is 2.51. The molecule has 1 N–H and O–H groups in total. The summed E-state index contributed by atoms with van der Waals surface area (Å²) in [7, 11) is 0. The Morgan fingerprint density at radius 1 is 1.30 bits per heavy atom. The van der Waals surface area contributed by atoms with E-state index in [9.17, 15) is 9.90 Å². The van der Waals surface area contributed by atoms with Crippen LogP contribution < -0.4 is 0 Å². The third kappa shape index (κ3) is 3.06. The van der Waals surface area contributed by atoms with Crippen molar-refractivity contribution < 1.29 is 14.6 Å². The molecule has 0 unspecified atom stereocenters. The zero-order valence-corrected chi connectivity index (χ0v) is 15.3. The van der Waals surface area contributed by atoms with Crippen LogP contribution in [0.3, 0.4) is 0 Å². The Morgan fingerprint density at radius 3 is 2.74 bits per heavy atom. The van der Waals surface area contributed by atoms with Crippen LogP contribution >= 0.6 is 0 Å². The first-order valence-corrected chi connectivity index (χ1v) is 9.70. The van der Waals surface area contributed by atoms with Gasteiger partial charge in [0.1, 0.15) is 6.10 Å². The van der Waals surface area contributed by atoms with Gasteiger partial charge in [0.05, 0.1) is 12.5 Å². The Bertz CT molecular complexity index is 446. The first-order valence-electron chi connectivity index (χ1n) is 9.70. The van der Waals surface area contributed by atoms with E-state index in [1.54, 1.807) is 0 Å². The highest BCUT2D eigenvalue weighted by Crippen LogP contribution is 2.62. The fourth-order valence-corrected chi connectivity index (χ4v) is 6.09. The van der Waals surface area contributed by atoms with Crippen molar-refractivity contribution in [3.63, 3.8) is 0 Å². The molecule has 3 fully saturated rings. The number of esters is 1. The van der Waals surface area contributed by atoms with Crippen LogP contribution in [0.15, 0.2) is 0 Å². The molecule has 3 aliphatic rings. The highest BCUT2D eigenvalue weighted by Gasteiger charge is 2.62. The summed E-state index contributed by atoms with van der Waals surface area (Å²) >= 11 is 0. The molecular formula is C20H34O3. The first-order chi connectivity index (χ1) is 10.8. The molecule has 3 rings (SSSR count). The van der Waals surface area contributed by atoms with Crippen LogP contribution in [0, 0.1) is 35.0 Å². The van der Waals surface area contributed by atoms with Crippen LogP contribution in [-0.2, 0) is 9.53 Å². The molecule has 132 valence electrons. The third-order valence-corrected chi connectivity index (χ3v) is 7.24. The minimum absolute atomic E-state index is 0.0544. The lowest BCUT2D eigenvalue weighted by Gasteiger charge is -2.50. The van der Waals surface area contributed by atoms with Crippen molar-refractivity contribution >= 4 is 5.97 Å². The standard InChI is InChI=1S/C20H34O3/c1-12(2)6-5-7-13(3)15-11-17-19-14(10-18(22)23-17)16(21)8-9-20(15,19)4/h12-17,19,21H,5-11H2,1-4H3/t13-,14-,15-,16-,17-,19+,20-/m1/s1. The van der Waals surface area contributed by atoms with Gasteiger partial charge < -0.3 is 9.84 Å². The van der Waals surface area contributed by atoms with E-state index in [2.05, 4.69) is 27.7 Å². The molecule has 0 aromatic rings. The molecule has 1 saturated heterocycles. The van der Waals surface area contributed by atoms with Crippen molar-refractivity contribution in [2.24, 2.45) is 35.0 Å². The average Bonchev–Trinajstić information content (AvgIpc) is 2.76. The molecule has 3 nitrogen and oxygen atoms in total. The van der Waals surface area contributed by atoms with Gasteiger partial charge in [-0.25, -0.2) is 0 Å². The number of hydrogen-bond donors (Lipinski definition) is 1. The van der Waals surface area contributed by atoms with Crippen LogP contribution in [0.4, 0.5) is 0 Å². The van der Waals surface area contributed by atoms with E-state index in [4.69, 9.17) is 4.74 Å². The van der Waals surface area contributed by atoms with Crippen LogP contribution in [0.1, 0.15) is 72.6 Å². The highest BCUT2D eigenvalue weighted by atomic mass is 16.5. The van der Waals surface area contributed by atoms with Crippen molar-refractivity contribution in [2.75, 3.05) is 0 Å². The largest absolute Gasteiger partial charge is 0.462 e. The lowest BCUT2D eigenvalue weighted by atomic mass is 9.57. The minimum atomic E-state index is -0.307. The average molecular weight is 322 g/mol. The molecular weight excluding hydrogens is 288 g/mol. The van der Waals surface area contributed by atoms with Gasteiger partial charge in [-0.2, -0.15) is 0 Å². The Balaban J connectivity index is 1.74. The molecule has 7 atom stereocenters. The fourth-order valence-electron chi connectivity index (χ4n) is 6.09. The number of aliphatic hydroxyl groups is 1. The summed E-state index contributed by atoms with van der Waals surface area (Å²) in [5.41, 5.74) is 0.243. The zero-order chi connectivity index (χ0) is 16.8. The number of hydrogen-bond acceptors (Lipinski definition) is 3. The van der Waals surface area contributed by atoms with Crippen LogP contribution in [-0.4, -0.2) is 23.3 Å². The molecule has 2 saturated carbocycles. The predicted octanol–water partition coefficient (Wildman–Crippen LogP) is 4.18. The predicted molar refractivity (Wildman–Crippen MR) is 90.8 cm³/mol. The smallest absolute Gasteiger partial charge is 0.306 e. The van der Waals surface area contributed by atoms with E-state index in [-0.39, 0.29) is 29.5 Å². The monoisotopic (exact) mass is 322 g/mol. The van der Waals surface area contributed by atoms with Gasteiger partial charge in [-0.1, -0.05) is 47.0 Å². The van der Waals surface area contributed by atoms with Gasteiger partial charge in [0, 0.05) is 11.8 Å². The van der Waals surface area contributed by atoms with Gasteiger partial charge in [-0.3, -0.25) is 4.79 Å². The number of carbonyl (C=O) groups excluding carboxylic acids is 1. The number of aliphatic hydroxyl groups excluding tert-OH is 1. The molecule has 0 amide bonds. The maximum Gasteiger partial charge on any atom is 0.306 e. The second-order valence-corrected chi connectivity index (χ2v) is 9.18. The van der Waals surface area contributed by atoms with E-state index in [1.165, 1.54) is 19.3 Å². The number of ether oxygens (including phenoxy) is 1. The topological polar surface area (TPSA) is 46.5 Å². The first kappa shape index (κ1) is 17.3. The summed E-state index contributed by atoms with van der Waals surface area (Å²) in [6.07, 6.45) is 7.00. The summed E-state index contributed by atoms with van der Waals surface area (Å²) in [6.45, 7) is 9.40. The molecule has 0 radical (unpaired) electrons. The minimum Gasteiger partial charge on any atom is -0.462 e. The number of rotatable bonds is 5. The Hall–Kier alpha value is -0.570. The van der Waals surface area contributed by atoms with Gasteiger partial charge >= 0.3 is 5.97 Å². The summed E-state index contributed by atoms with van der Waals surface area (Å²) in [6, 6.07) is 0. The Kier molecular flexibility index (Phi) is 4.79. The van der Waals surface area contributed by atoms with Crippen molar-refractivity contribution in [1.82, 2.24) is 0 Å². The van der Waals surface area contributed by atoms with E-state index >= 15 is 0 Å². The van der Waals surface area contributed by atoms with E-state index < -0.39 is 0 Å². The van der Waals surface area contributed by atoms with Crippen molar-refractivity contribution in [3.8, 4) is 0 Å². The summed E-state index contributed by atoms with van der Waals surface area (Å²) < 4.78 is 5.73. The molecule has 0 aromatic heterocycles. The molecule has 0 spiro atoms. The maximum absolute atomic E-state index is 11.9. The quantitative estimate of drug-likeness (QED) is 0.772. The van der Waals surface area contributed by atoms with Crippen LogP contribution in [0.25, 0.3) is 0 Å². The maximum atomic E-state index is 11.9. The lowest BCUT2D eigenvalue weighted by molar-refractivity contribution is -0.175. The number of carbonyl (C=O) groups is 1.